The lowest BCUT2D eigenvalue weighted by Crippen LogP contribution is -2.40. The molecule has 1 aromatic heterocycles. The maximum atomic E-state index is 12.7. The van der Waals surface area contributed by atoms with Gasteiger partial charge in [-0.3, -0.25) is 4.98 Å². The number of morpholine rings is 1. The molecule has 4 rings (SSSR count). The second-order valence-corrected chi connectivity index (χ2v) is 7.89. The number of rotatable bonds is 3. The van der Waals surface area contributed by atoms with Gasteiger partial charge in [-0.15, -0.1) is 0 Å². The molecule has 0 unspecified atom stereocenters. The van der Waals surface area contributed by atoms with Crippen molar-refractivity contribution in [1.29, 1.82) is 0 Å². The van der Waals surface area contributed by atoms with Crippen molar-refractivity contribution in [3.05, 3.63) is 60.8 Å². The Morgan fingerprint density at radius 3 is 2.40 bits per heavy atom. The molecule has 0 radical (unpaired) electrons. The zero-order valence-electron chi connectivity index (χ0n) is 13.6. The van der Waals surface area contributed by atoms with Gasteiger partial charge in [0.15, 0.2) is 0 Å². The Bertz CT molecular complexity index is 995. The van der Waals surface area contributed by atoms with E-state index < -0.39 is 10.0 Å². The average Bonchev–Trinajstić information content (AvgIpc) is 2.68. The molecule has 0 amide bonds. The number of sulfonamides is 1. The predicted octanol–water partition coefficient (Wildman–Crippen LogP) is 2.92. The van der Waals surface area contributed by atoms with Crippen molar-refractivity contribution in [2.24, 2.45) is 0 Å². The van der Waals surface area contributed by atoms with Crippen molar-refractivity contribution < 1.29 is 13.2 Å². The van der Waals surface area contributed by atoms with Gasteiger partial charge in [-0.1, -0.05) is 24.3 Å². The van der Waals surface area contributed by atoms with Crippen LogP contribution in [0.15, 0.2) is 65.7 Å². The van der Waals surface area contributed by atoms with E-state index >= 15 is 0 Å². The van der Waals surface area contributed by atoms with Gasteiger partial charge in [0.1, 0.15) is 0 Å². The van der Waals surface area contributed by atoms with E-state index in [0.717, 1.165) is 22.0 Å². The number of ether oxygens (including phenoxy) is 1. The van der Waals surface area contributed by atoms with Gasteiger partial charge in [-0.2, -0.15) is 4.31 Å². The van der Waals surface area contributed by atoms with Crippen LogP contribution in [0, 0.1) is 0 Å². The summed E-state index contributed by atoms with van der Waals surface area (Å²) in [5.41, 5.74) is 2.96. The summed E-state index contributed by atoms with van der Waals surface area (Å²) in [4.78, 5) is 4.64. The molecule has 5 nitrogen and oxygen atoms in total. The second-order valence-electron chi connectivity index (χ2n) is 5.95. The van der Waals surface area contributed by atoms with Crippen molar-refractivity contribution in [1.82, 2.24) is 9.29 Å². The van der Waals surface area contributed by atoms with Gasteiger partial charge in [0.25, 0.3) is 0 Å². The van der Waals surface area contributed by atoms with Crippen LogP contribution in [0.25, 0.3) is 22.0 Å². The number of fused-ring (bicyclic) bond motifs is 1. The molecule has 0 N–H and O–H groups in total. The third kappa shape index (κ3) is 3.16. The molecule has 6 heteroatoms. The van der Waals surface area contributed by atoms with Crippen LogP contribution in [0.2, 0.25) is 0 Å². The van der Waals surface area contributed by atoms with E-state index in [0.29, 0.717) is 31.2 Å². The van der Waals surface area contributed by atoms with E-state index in [-0.39, 0.29) is 0 Å². The van der Waals surface area contributed by atoms with E-state index in [1.165, 1.54) is 4.31 Å². The largest absolute Gasteiger partial charge is 0.379 e. The number of aromatic nitrogens is 1. The van der Waals surface area contributed by atoms with Crippen LogP contribution in [-0.2, 0) is 14.8 Å². The summed E-state index contributed by atoms with van der Waals surface area (Å²) in [5, 5.41) is 1.06. The smallest absolute Gasteiger partial charge is 0.243 e. The van der Waals surface area contributed by atoms with Gasteiger partial charge in [0.2, 0.25) is 10.0 Å². The maximum absolute atomic E-state index is 12.7. The molecule has 0 spiro atoms. The molecular weight excluding hydrogens is 336 g/mol. The molecule has 0 saturated carbocycles. The lowest BCUT2D eigenvalue weighted by atomic mass is 10.0. The highest BCUT2D eigenvalue weighted by molar-refractivity contribution is 7.89. The molecule has 2 heterocycles. The van der Waals surface area contributed by atoms with Crippen molar-refractivity contribution >= 4 is 20.9 Å². The number of nitrogens with zero attached hydrogens (tertiary/aromatic N) is 2. The molecule has 1 saturated heterocycles. The SMILES string of the molecule is O=S(=O)(c1ccc(-c2ccc3ncccc3c2)cc1)N1CCOCC1. The predicted molar refractivity (Wildman–Crippen MR) is 96.8 cm³/mol. The summed E-state index contributed by atoms with van der Waals surface area (Å²) in [6.07, 6.45) is 1.77. The first-order chi connectivity index (χ1) is 12.1. The molecule has 128 valence electrons. The molecule has 1 fully saturated rings. The lowest BCUT2D eigenvalue weighted by molar-refractivity contribution is 0.0730. The summed E-state index contributed by atoms with van der Waals surface area (Å²) in [6.45, 7) is 1.70. The van der Waals surface area contributed by atoms with E-state index in [1.807, 2.05) is 36.4 Å². The Kier molecular flexibility index (Phi) is 4.25. The Morgan fingerprint density at radius 1 is 0.920 bits per heavy atom. The van der Waals surface area contributed by atoms with E-state index in [2.05, 4.69) is 11.1 Å². The second kappa shape index (κ2) is 6.55. The van der Waals surface area contributed by atoms with Crippen LogP contribution in [0.5, 0.6) is 0 Å². The zero-order chi connectivity index (χ0) is 17.3. The Labute approximate surface area is 146 Å². The first-order valence-corrected chi connectivity index (χ1v) is 9.62. The first-order valence-electron chi connectivity index (χ1n) is 8.18. The fraction of sp³-hybridized carbons (Fsp3) is 0.211. The summed E-state index contributed by atoms with van der Waals surface area (Å²) >= 11 is 0. The van der Waals surface area contributed by atoms with E-state index in [4.69, 9.17) is 4.74 Å². The van der Waals surface area contributed by atoms with Crippen LogP contribution < -0.4 is 0 Å². The van der Waals surface area contributed by atoms with E-state index in [1.54, 1.807) is 18.3 Å². The first kappa shape index (κ1) is 16.2. The topological polar surface area (TPSA) is 59.5 Å². The van der Waals surface area contributed by atoms with Gasteiger partial charge < -0.3 is 4.74 Å². The van der Waals surface area contributed by atoms with Gasteiger partial charge in [-0.25, -0.2) is 8.42 Å². The highest BCUT2D eigenvalue weighted by Gasteiger charge is 2.26. The summed E-state index contributed by atoms with van der Waals surface area (Å²) < 4.78 is 32.1. The van der Waals surface area contributed by atoms with Gasteiger partial charge in [-0.05, 0) is 41.5 Å². The highest BCUT2D eigenvalue weighted by Crippen LogP contribution is 2.26. The van der Waals surface area contributed by atoms with Crippen molar-refractivity contribution in [2.75, 3.05) is 26.3 Å². The Hall–Kier alpha value is -2.28. The molecular formula is C19H18N2O3S. The maximum Gasteiger partial charge on any atom is 0.243 e. The van der Waals surface area contributed by atoms with Crippen LogP contribution >= 0.6 is 0 Å². The van der Waals surface area contributed by atoms with E-state index in [9.17, 15) is 8.42 Å². The monoisotopic (exact) mass is 354 g/mol. The average molecular weight is 354 g/mol. The van der Waals surface area contributed by atoms with Gasteiger partial charge in [0, 0.05) is 24.7 Å². The molecule has 1 aliphatic rings. The molecule has 0 aliphatic carbocycles. The zero-order valence-corrected chi connectivity index (χ0v) is 14.4. The quantitative estimate of drug-likeness (QED) is 0.726. The third-order valence-corrected chi connectivity index (χ3v) is 6.31. The van der Waals surface area contributed by atoms with Crippen LogP contribution in [0.1, 0.15) is 0 Å². The minimum Gasteiger partial charge on any atom is -0.379 e. The lowest BCUT2D eigenvalue weighted by Gasteiger charge is -2.26. The number of benzene rings is 2. The summed E-state index contributed by atoms with van der Waals surface area (Å²) in [7, 11) is -3.45. The fourth-order valence-corrected chi connectivity index (χ4v) is 4.42. The highest BCUT2D eigenvalue weighted by atomic mass is 32.2. The molecule has 2 aromatic carbocycles. The molecule has 0 atom stereocenters. The minimum atomic E-state index is -3.45. The summed E-state index contributed by atoms with van der Waals surface area (Å²) in [5.74, 6) is 0. The minimum absolute atomic E-state index is 0.320. The molecule has 3 aromatic rings. The molecule has 0 bridgehead atoms. The van der Waals surface area contributed by atoms with Gasteiger partial charge >= 0.3 is 0 Å². The number of hydrogen-bond acceptors (Lipinski definition) is 4. The molecule has 25 heavy (non-hydrogen) atoms. The fourth-order valence-electron chi connectivity index (χ4n) is 3.01. The third-order valence-electron chi connectivity index (χ3n) is 4.40. The van der Waals surface area contributed by atoms with Crippen molar-refractivity contribution in [3.63, 3.8) is 0 Å². The van der Waals surface area contributed by atoms with Crippen LogP contribution in [0.4, 0.5) is 0 Å². The Balaban J connectivity index is 1.64. The van der Waals surface area contributed by atoms with Crippen molar-refractivity contribution in [3.8, 4) is 11.1 Å². The van der Waals surface area contributed by atoms with Crippen LogP contribution in [0.3, 0.4) is 0 Å². The van der Waals surface area contributed by atoms with Crippen molar-refractivity contribution in [2.45, 2.75) is 4.90 Å². The van der Waals surface area contributed by atoms with Gasteiger partial charge in [0.05, 0.1) is 23.6 Å². The Morgan fingerprint density at radius 2 is 1.64 bits per heavy atom. The number of pyridine rings is 1. The molecule has 1 aliphatic heterocycles. The normalized spacial score (nSPS) is 16.2. The summed E-state index contributed by atoms with van der Waals surface area (Å²) in [6, 6.07) is 17.0. The van der Waals surface area contributed by atoms with Crippen LogP contribution in [-0.4, -0.2) is 44.0 Å². The number of hydrogen-bond donors (Lipinski definition) is 0. The standard InChI is InChI=1S/C19H18N2O3S/c22-25(23,21-10-12-24-13-11-21)18-6-3-15(4-7-18)16-5-8-19-17(14-16)2-1-9-20-19/h1-9,14H,10-13H2.